The lowest BCUT2D eigenvalue weighted by Gasteiger charge is -2.17. The average Bonchev–Trinajstić information content (AvgIpc) is 3.09. The van der Waals surface area contributed by atoms with Crippen molar-refractivity contribution in [3.05, 3.63) is 52.7 Å². The monoisotopic (exact) mass is 374 g/mol. The number of alkyl halides is 2. The number of carbonyl (C=O) groups is 1. The first-order valence-electron chi connectivity index (χ1n) is 7.23. The molecule has 130 valence electrons. The molecule has 2 aromatic rings. The van der Waals surface area contributed by atoms with Crippen LogP contribution in [0.3, 0.4) is 0 Å². The molecule has 0 aliphatic heterocycles. The number of benzene rings is 1. The van der Waals surface area contributed by atoms with Crippen LogP contribution < -0.4 is 0 Å². The van der Waals surface area contributed by atoms with Crippen LogP contribution in [-0.4, -0.2) is 26.2 Å². The van der Waals surface area contributed by atoms with Gasteiger partial charge in [-0.15, -0.1) is 11.3 Å². The molecule has 0 N–H and O–H groups in total. The van der Waals surface area contributed by atoms with Gasteiger partial charge in [0.2, 0.25) is 9.84 Å². The Morgan fingerprint density at radius 3 is 2.42 bits per heavy atom. The van der Waals surface area contributed by atoms with E-state index in [0.29, 0.717) is 4.88 Å². The van der Waals surface area contributed by atoms with Crippen LogP contribution in [-0.2, 0) is 14.6 Å². The number of carbonyl (C=O) groups excluding carboxylic acids is 1. The van der Waals surface area contributed by atoms with Crippen molar-refractivity contribution in [2.75, 3.05) is 6.61 Å². The van der Waals surface area contributed by atoms with E-state index in [1.165, 1.54) is 23.5 Å². The van der Waals surface area contributed by atoms with Gasteiger partial charge in [-0.2, -0.15) is 8.78 Å². The summed E-state index contributed by atoms with van der Waals surface area (Å²) in [5, 5.41) is -2.13. The average molecular weight is 374 g/mol. The van der Waals surface area contributed by atoms with E-state index in [4.69, 9.17) is 4.74 Å². The van der Waals surface area contributed by atoms with E-state index < -0.39 is 32.4 Å². The molecule has 0 fully saturated rings. The maximum Gasteiger partial charge on any atom is 0.350 e. The molecule has 0 aliphatic rings. The molecule has 4 nitrogen and oxygen atoms in total. The molecule has 0 radical (unpaired) electrons. The summed E-state index contributed by atoms with van der Waals surface area (Å²) in [7, 11) is -4.72. The largest absolute Gasteiger partial charge is 0.462 e. The molecule has 0 bridgehead atoms. The molecule has 8 heteroatoms. The molecule has 0 amide bonds. The van der Waals surface area contributed by atoms with Crippen LogP contribution in [0.2, 0.25) is 0 Å². The van der Waals surface area contributed by atoms with Crippen molar-refractivity contribution in [1.82, 2.24) is 0 Å². The maximum absolute atomic E-state index is 14.0. The minimum Gasteiger partial charge on any atom is -0.462 e. The quantitative estimate of drug-likeness (QED) is 0.515. The number of unbranched alkanes of at least 4 members (excludes halogenated alkanes) is 1. The second-order valence-electron chi connectivity index (χ2n) is 5.02. The van der Waals surface area contributed by atoms with Gasteiger partial charge in [-0.25, -0.2) is 13.2 Å². The molecular weight excluding hydrogens is 358 g/mol. The van der Waals surface area contributed by atoms with Gasteiger partial charge in [-0.3, -0.25) is 0 Å². The van der Waals surface area contributed by atoms with Crippen molar-refractivity contribution in [3.63, 3.8) is 0 Å². The Kier molecular flexibility index (Phi) is 6.06. The first kappa shape index (κ1) is 18.5. The van der Waals surface area contributed by atoms with Gasteiger partial charge < -0.3 is 4.74 Å². The molecule has 0 saturated carbocycles. The molecule has 0 spiro atoms. The van der Waals surface area contributed by atoms with Crippen LogP contribution in [0.5, 0.6) is 0 Å². The first-order valence-corrected chi connectivity index (χ1v) is 9.59. The lowest BCUT2D eigenvalue weighted by molar-refractivity contribution is 0.0480. The highest BCUT2D eigenvalue weighted by Gasteiger charge is 2.45. The van der Waals surface area contributed by atoms with Crippen LogP contribution in [0.1, 0.15) is 28.9 Å². The number of esters is 1. The summed E-state index contributed by atoms with van der Waals surface area (Å²) in [5.74, 6) is -0.506. The highest BCUT2D eigenvalue weighted by Crippen LogP contribution is 2.33. The Labute approximate surface area is 143 Å². The first-order chi connectivity index (χ1) is 11.3. The Balaban J connectivity index is 1.81. The number of thiophene rings is 1. The third-order valence-electron chi connectivity index (χ3n) is 3.26. The smallest absolute Gasteiger partial charge is 0.350 e. The molecule has 2 rings (SSSR count). The summed E-state index contributed by atoms with van der Waals surface area (Å²) in [6.07, 6.45) is -0.728. The summed E-state index contributed by atoms with van der Waals surface area (Å²) >= 11 is 1.23. The number of hydrogen-bond acceptors (Lipinski definition) is 5. The highest BCUT2D eigenvalue weighted by molar-refractivity contribution is 7.92. The fraction of sp³-hybridized carbons (Fsp3) is 0.312. The number of hydrogen-bond donors (Lipinski definition) is 0. The van der Waals surface area contributed by atoms with Crippen LogP contribution in [0.25, 0.3) is 0 Å². The van der Waals surface area contributed by atoms with Gasteiger partial charge in [0.15, 0.2) is 0 Å². The van der Waals surface area contributed by atoms with Gasteiger partial charge in [0.25, 0.3) is 0 Å². The lowest BCUT2D eigenvalue weighted by atomic mass is 10.2. The van der Waals surface area contributed by atoms with E-state index in [2.05, 4.69) is 0 Å². The van der Waals surface area contributed by atoms with Gasteiger partial charge >= 0.3 is 11.2 Å². The molecule has 1 aromatic carbocycles. The van der Waals surface area contributed by atoms with Crippen molar-refractivity contribution in [2.24, 2.45) is 0 Å². The van der Waals surface area contributed by atoms with Gasteiger partial charge in [0, 0.05) is 6.42 Å². The predicted molar refractivity (Wildman–Crippen MR) is 87.0 cm³/mol. The Morgan fingerprint density at radius 2 is 1.79 bits per heavy atom. The van der Waals surface area contributed by atoms with E-state index in [1.54, 1.807) is 23.6 Å². The number of sulfone groups is 1. The Bertz CT molecular complexity index is 757. The summed E-state index contributed by atoms with van der Waals surface area (Å²) < 4.78 is 56.8. The molecule has 0 atom stereocenters. The normalized spacial score (nSPS) is 12.1. The van der Waals surface area contributed by atoms with Gasteiger partial charge in [-0.1, -0.05) is 24.3 Å². The minimum absolute atomic E-state index is 0.0296. The van der Waals surface area contributed by atoms with E-state index >= 15 is 0 Å². The van der Waals surface area contributed by atoms with Gasteiger partial charge in [0.05, 0.1) is 11.5 Å². The molecule has 1 aromatic heterocycles. The van der Waals surface area contributed by atoms with Crippen LogP contribution in [0.15, 0.2) is 52.7 Å². The van der Waals surface area contributed by atoms with Crippen LogP contribution in [0, 0.1) is 0 Å². The van der Waals surface area contributed by atoms with Gasteiger partial charge in [0.1, 0.15) is 4.88 Å². The van der Waals surface area contributed by atoms with E-state index in [0.717, 1.165) is 12.1 Å². The van der Waals surface area contributed by atoms with Crippen LogP contribution in [0.4, 0.5) is 8.78 Å². The summed E-state index contributed by atoms with van der Waals surface area (Å²) in [6.45, 7) is -0.0296. The fourth-order valence-electron chi connectivity index (χ4n) is 1.97. The third-order valence-corrected chi connectivity index (χ3v) is 6.00. The van der Waals surface area contributed by atoms with Crippen molar-refractivity contribution >= 4 is 27.1 Å². The second kappa shape index (κ2) is 7.85. The fourth-order valence-corrected chi connectivity index (χ4v) is 3.86. The Hall–Kier alpha value is -1.80. The predicted octanol–water partition coefficient (Wildman–Crippen LogP) is 4.14. The highest BCUT2D eigenvalue weighted by atomic mass is 32.2. The zero-order chi connectivity index (χ0) is 17.6. The Morgan fingerprint density at radius 1 is 1.08 bits per heavy atom. The SMILES string of the molecule is O=C(OCCCCC(F)(F)S(=O)(=O)c1ccccc1)c1cccs1. The van der Waals surface area contributed by atoms with Gasteiger partial charge in [-0.05, 0) is 36.4 Å². The topological polar surface area (TPSA) is 60.4 Å². The van der Waals surface area contributed by atoms with Crippen molar-refractivity contribution in [2.45, 2.75) is 29.4 Å². The van der Waals surface area contributed by atoms with E-state index in [9.17, 15) is 22.0 Å². The van der Waals surface area contributed by atoms with E-state index in [1.807, 2.05) is 0 Å². The number of halogens is 2. The lowest BCUT2D eigenvalue weighted by Crippen LogP contribution is -2.29. The molecular formula is C16H16F2O4S2. The molecule has 0 unspecified atom stereocenters. The molecule has 0 saturated heterocycles. The molecule has 1 heterocycles. The number of ether oxygens (including phenoxy) is 1. The van der Waals surface area contributed by atoms with E-state index in [-0.39, 0.29) is 19.4 Å². The summed E-state index contributed by atoms with van der Waals surface area (Å²) in [4.78, 5) is 11.6. The second-order valence-corrected chi connectivity index (χ2v) is 8.05. The van der Waals surface area contributed by atoms with Crippen molar-refractivity contribution in [3.8, 4) is 0 Å². The van der Waals surface area contributed by atoms with Crippen molar-refractivity contribution < 1.29 is 26.7 Å². The van der Waals surface area contributed by atoms with Crippen LogP contribution >= 0.6 is 11.3 Å². The summed E-state index contributed by atoms with van der Waals surface area (Å²) in [6, 6.07) is 9.95. The standard InChI is InChI=1S/C16H16F2O4S2/c17-16(18,24(20,21)13-7-2-1-3-8-13)10-4-5-11-22-15(19)14-9-6-12-23-14/h1-3,6-9,12H,4-5,10-11H2. The van der Waals surface area contributed by atoms with Crippen molar-refractivity contribution in [1.29, 1.82) is 0 Å². The maximum atomic E-state index is 14.0. The number of rotatable bonds is 8. The molecule has 0 aliphatic carbocycles. The zero-order valence-corrected chi connectivity index (χ0v) is 14.3. The molecule has 24 heavy (non-hydrogen) atoms. The minimum atomic E-state index is -4.72. The third kappa shape index (κ3) is 4.39. The summed E-state index contributed by atoms with van der Waals surface area (Å²) in [5.41, 5.74) is 0. The zero-order valence-electron chi connectivity index (χ0n) is 12.7.